The molecule has 26 heavy (non-hydrogen) atoms. The minimum Gasteiger partial charge on any atom is -0.479 e. The van der Waals surface area contributed by atoms with Crippen molar-refractivity contribution in [2.75, 3.05) is 0 Å². The Kier molecular flexibility index (Phi) is 6.51. The molecular weight excluding hydrogens is 371 g/mol. The van der Waals surface area contributed by atoms with Crippen LogP contribution in [0.1, 0.15) is 17.2 Å². The first-order valence-corrected chi connectivity index (χ1v) is 8.12. The molecule has 0 aliphatic heterocycles. The third-order valence-corrected chi connectivity index (χ3v) is 3.91. The van der Waals surface area contributed by atoms with Crippen molar-refractivity contribution >= 4 is 23.8 Å². The number of benzene rings is 2. The van der Waals surface area contributed by atoms with Gasteiger partial charge in [-0.2, -0.15) is 13.2 Å². The number of hydrogen-bond acceptors (Lipinski definition) is 4. The number of ether oxygens (including phenoxy) is 1. The highest BCUT2D eigenvalue weighted by molar-refractivity contribution is 8.00. The predicted octanol–water partition coefficient (Wildman–Crippen LogP) is 4.35. The zero-order chi connectivity index (χ0) is 19.2. The van der Waals surface area contributed by atoms with E-state index < -0.39 is 23.6 Å². The third-order valence-electron chi connectivity index (χ3n) is 3.17. The second kappa shape index (κ2) is 8.61. The number of alkyl halides is 3. The molecule has 0 heterocycles. The molecule has 2 aromatic carbocycles. The van der Waals surface area contributed by atoms with Crippen LogP contribution in [0.4, 0.5) is 18.0 Å². The maximum atomic E-state index is 12.3. The van der Waals surface area contributed by atoms with E-state index in [1.165, 1.54) is 12.1 Å². The Morgan fingerprint density at radius 2 is 1.69 bits per heavy atom. The highest BCUT2D eigenvalue weighted by atomic mass is 32.2. The van der Waals surface area contributed by atoms with Crippen LogP contribution in [0.3, 0.4) is 0 Å². The Bertz CT molecular complexity index is 751. The lowest BCUT2D eigenvalue weighted by atomic mass is 10.1. The Hall–Kier alpha value is -2.68. The van der Waals surface area contributed by atoms with Crippen LogP contribution in [0.15, 0.2) is 59.5 Å². The van der Waals surface area contributed by atoms with Crippen molar-refractivity contribution in [3.63, 3.8) is 0 Å². The van der Waals surface area contributed by atoms with Crippen LogP contribution in [0.5, 0.6) is 0 Å². The standard InChI is InChI=1S/C17H14F3NO4S/c18-17(19,20)26-13-8-6-12(7-9-13)14(15(22)23)21-16(24)25-10-11-4-2-1-3-5-11/h1-9,14H,10H2,(H,21,24)(H,22,23). The molecule has 0 bridgehead atoms. The normalized spacial score (nSPS) is 12.3. The average Bonchev–Trinajstić information content (AvgIpc) is 2.58. The summed E-state index contributed by atoms with van der Waals surface area (Å²) in [6, 6.07) is 12.1. The number of halogens is 3. The lowest BCUT2D eigenvalue weighted by Gasteiger charge is -2.15. The van der Waals surface area contributed by atoms with Gasteiger partial charge < -0.3 is 15.2 Å². The van der Waals surface area contributed by atoms with Gasteiger partial charge in [0.1, 0.15) is 6.61 Å². The van der Waals surface area contributed by atoms with Gasteiger partial charge in [0.2, 0.25) is 0 Å². The van der Waals surface area contributed by atoms with Crippen molar-refractivity contribution in [2.24, 2.45) is 0 Å². The summed E-state index contributed by atoms with van der Waals surface area (Å²) in [4.78, 5) is 23.1. The third kappa shape index (κ3) is 6.32. The molecule has 0 aromatic heterocycles. The molecule has 1 unspecified atom stereocenters. The number of rotatable bonds is 6. The summed E-state index contributed by atoms with van der Waals surface area (Å²) >= 11 is -0.310. The molecule has 0 spiro atoms. The molecule has 5 nitrogen and oxygen atoms in total. The predicted molar refractivity (Wildman–Crippen MR) is 88.5 cm³/mol. The highest BCUT2D eigenvalue weighted by Crippen LogP contribution is 2.37. The van der Waals surface area contributed by atoms with Crippen LogP contribution in [0.2, 0.25) is 0 Å². The number of alkyl carbamates (subject to hydrolysis) is 1. The van der Waals surface area contributed by atoms with E-state index in [0.29, 0.717) is 0 Å². The van der Waals surface area contributed by atoms with E-state index in [2.05, 4.69) is 5.32 Å². The largest absolute Gasteiger partial charge is 0.479 e. The van der Waals surface area contributed by atoms with Crippen LogP contribution in [0.25, 0.3) is 0 Å². The molecular formula is C17H14F3NO4S. The van der Waals surface area contributed by atoms with E-state index in [9.17, 15) is 27.9 Å². The monoisotopic (exact) mass is 385 g/mol. The fraction of sp³-hybridized carbons (Fsp3) is 0.176. The van der Waals surface area contributed by atoms with Gasteiger partial charge in [-0.25, -0.2) is 9.59 Å². The maximum Gasteiger partial charge on any atom is 0.446 e. The molecule has 0 aliphatic rings. The minimum atomic E-state index is -4.44. The molecule has 2 rings (SSSR count). The number of carboxylic acids is 1. The fourth-order valence-corrected chi connectivity index (χ4v) is 2.57. The van der Waals surface area contributed by atoms with Crippen LogP contribution in [-0.2, 0) is 16.1 Å². The van der Waals surface area contributed by atoms with Gasteiger partial charge in [0, 0.05) is 4.90 Å². The van der Waals surface area contributed by atoms with E-state index in [-0.39, 0.29) is 28.8 Å². The van der Waals surface area contributed by atoms with Gasteiger partial charge in [0.15, 0.2) is 6.04 Å². The summed E-state index contributed by atoms with van der Waals surface area (Å²) in [5.41, 5.74) is -3.59. The zero-order valence-electron chi connectivity index (χ0n) is 13.2. The summed E-state index contributed by atoms with van der Waals surface area (Å²) in [6.45, 7) is -0.0415. The topological polar surface area (TPSA) is 75.6 Å². The van der Waals surface area contributed by atoms with Gasteiger partial charge in [0.05, 0.1) is 0 Å². The molecule has 1 atom stereocenters. The Balaban J connectivity index is 1.99. The SMILES string of the molecule is O=C(NC(C(=O)O)c1ccc(SC(F)(F)F)cc1)OCc1ccccc1. The van der Waals surface area contributed by atoms with Gasteiger partial charge in [-0.1, -0.05) is 42.5 Å². The molecule has 0 aliphatic carbocycles. The van der Waals surface area contributed by atoms with Crippen molar-refractivity contribution in [3.8, 4) is 0 Å². The molecule has 0 saturated heterocycles. The number of amides is 1. The number of hydrogen-bond donors (Lipinski definition) is 2. The van der Waals surface area contributed by atoms with Gasteiger partial charge in [-0.05, 0) is 35.0 Å². The second-order valence-electron chi connectivity index (χ2n) is 5.09. The summed E-state index contributed by atoms with van der Waals surface area (Å²) < 4.78 is 41.9. The maximum absolute atomic E-state index is 12.3. The smallest absolute Gasteiger partial charge is 0.446 e. The highest BCUT2D eigenvalue weighted by Gasteiger charge is 2.29. The van der Waals surface area contributed by atoms with E-state index in [4.69, 9.17) is 4.74 Å². The Labute approximate surface area is 151 Å². The van der Waals surface area contributed by atoms with Gasteiger partial charge in [-0.15, -0.1) is 0 Å². The van der Waals surface area contributed by atoms with Crippen LogP contribution >= 0.6 is 11.8 Å². The van der Waals surface area contributed by atoms with Crippen LogP contribution < -0.4 is 5.32 Å². The van der Waals surface area contributed by atoms with Gasteiger partial charge in [-0.3, -0.25) is 0 Å². The lowest BCUT2D eigenvalue weighted by molar-refractivity contribution is -0.139. The summed E-state index contributed by atoms with van der Waals surface area (Å²) in [5.74, 6) is -1.36. The van der Waals surface area contributed by atoms with Crippen molar-refractivity contribution in [1.82, 2.24) is 5.32 Å². The zero-order valence-corrected chi connectivity index (χ0v) is 14.0. The first-order chi connectivity index (χ1) is 12.2. The number of carbonyl (C=O) groups is 2. The molecule has 2 aromatic rings. The molecule has 0 fully saturated rings. The molecule has 138 valence electrons. The Morgan fingerprint density at radius 1 is 1.08 bits per heavy atom. The van der Waals surface area contributed by atoms with E-state index in [0.717, 1.165) is 17.7 Å². The average molecular weight is 385 g/mol. The first-order valence-electron chi connectivity index (χ1n) is 7.30. The lowest BCUT2D eigenvalue weighted by Crippen LogP contribution is -2.34. The van der Waals surface area contributed by atoms with Gasteiger partial charge in [0.25, 0.3) is 0 Å². The fourth-order valence-electron chi connectivity index (χ4n) is 2.03. The van der Waals surface area contributed by atoms with E-state index in [1.54, 1.807) is 30.3 Å². The van der Waals surface area contributed by atoms with Gasteiger partial charge >= 0.3 is 17.6 Å². The van der Waals surface area contributed by atoms with Crippen LogP contribution in [0, 0.1) is 0 Å². The second-order valence-corrected chi connectivity index (χ2v) is 6.23. The van der Waals surface area contributed by atoms with E-state index >= 15 is 0 Å². The summed E-state index contributed by atoms with van der Waals surface area (Å²) in [5, 5.41) is 11.4. The Morgan fingerprint density at radius 3 is 2.23 bits per heavy atom. The van der Waals surface area contributed by atoms with E-state index in [1.807, 2.05) is 0 Å². The van der Waals surface area contributed by atoms with Crippen molar-refractivity contribution in [2.45, 2.75) is 23.1 Å². The van der Waals surface area contributed by atoms with Crippen LogP contribution in [-0.4, -0.2) is 22.7 Å². The number of nitrogens with one attached hydrogen (secondary N) is 1. The van der Waals surface area contributed by atoms with Crippen molar-refractivity contribution in [1.29, 1.82) is 0 Å². The molecule has 0 saturated carbocycles. The summed E-state index contributed by atoms with van der Waals surface area (Å²) in [6.07, 6.45) is -0.949. The number of carbonyl (C=O) groups excluding carboxylic acids is 1. The molecule has 2 N–H and O–H groups in total. The summed E-state index contributed by atoms with van der Waals surface area (Å²) in [7, 11) is 0. The molecule has 9 heteroatoms. The van der Waals surface area contributed by atoms with Crippen molar-refractivity contribution in [3.05, 3.63) is 65.7 Å². The van der Waals surface area contributed by atoms with Crippen molar-refractivity contribution < 1.29 is 32.6 Å². The number of thioether (sulfide) groups is 1. The number of aliphatic carboxylic acids is 1. The molecule has 1 amide bonds. The minimum absolute atomic E-state index is 0.0415. The molecule has 0 radical (unpaired) electrons. The number of carboxylic acid groups (broad SMARTS) is 1. The first kappa shape index (κ1) is 19.6. The quantitative estimate of drug-likeness (QED) is 0.723.